The third kappa shape index (κ3) is 5.26. The van der Waals surface area contributed by atoms with Gasteiger partial charge in [0.1, 0.15) is 18.2 Å². The molecule has 0 bridgehead atoms. The van der Waals surface area contributed by atoms with Crippen molar-refractivity contribution in [2.45, 2.75) is 12.3 Å². The normalized spacial score (nSPS) is 15.7. The minimum absolute atomic E-state index is 0.206. The second kappa shape index (κ2) is 13.5. The van der Waals surface area contributed by atoms with Gasteiger partial charge in [-0.25, -0.2) is 4.99 Å². The molecule has 12 aromatic rings. The van der Waals surface area contributed by atoms with Crippen LogP contribution in [-0.4, -0.2) is 15.0 Å². The average Bonchev–Trinajstić information content (AvgIpc) is 3.99. The molecule has 2 unspecified atom stereocenters. The van der Waals surface area contributed by atoms with Gasteiger partial charge in [0.2, 0.25) is 0 Å². The standard InChI is InChI=1S/C55H37N5S/c1-4-17-34(18-5-1)53-56-54(35-19-6-2-7-20-35)58-55(57-53)44-31-36-21-10-11-24-38(36)50-41-27-16-30-47(51(41)61-52(44)50)60-46-29-15-13-26-40(46)43-32-42-39-25-12-14-28-45(39)59(48(42)33-49(43)60)37-22-8-3-9-23-37/h1-33,53,55,57H,(H,56,58). The topological polar surface area (TPSA) is 46.3 Å². The van der Waals surface area contributed by atoms with Gasteiger partial charge in [-0.3, -0.25) is 5.32 Å². The first kappa shape index (κ1) is 34.4. The Morgan fingerprint density at radius 1 is 0.459 bits per heavy atom. The monoisotopic (exact) mass is 799 g/mol. The predicted octanol–water partition coefficient (Wildman–Crippen LogP) is 13.7. The molecule has 13 rings (SSSR count). The zero-order valence-corrected chi connectivity index (χ0v) is 33.8. The molecule has 6 heteroatoms. The van der Waals surface area contributed by atoms with Gasteiger partial charge in [0.25, 0.3) is 0 Å². The predicted molar refractivity (Wildman–Crippen MR) is 257 cm³/mol. The van der Waals surface area contributed by atoms with E-state index in [0.29, 0.717) is 0 Å². The fraction of sp³-hybridized carbons (Fsp3) is 0.0364. The zero-order chi connectivity index (χ0) is 40.0. The highest BCUT2D eigenvalue weighted by Crippen LogP contribution is 2.47. The van der Waals surface area contributed by atoms with Crippen LogP contribution in [0.1, 0.15) is 29.0 Å². The van der Waals surface area contributed by atoms with Crippen LogP contribution in [0.4, 0.5) is 0 Å². The van der Waals surface area contributed by atoms with Gasteiger partial charge in [-0.2, -0.15) is 0 Å². The molecular formula is C55H37N5S. The van der Waals surface area contributed by atoms with Gasteiger partial charge >= 0.3 is 0 Å². The summed E-state index contributed by atoms with van der Waals surface area (Å²) in [6.07, 6.45) is -0.432. The van der Waals surface area contributed by atoms with Crippen molar-refractivity contribution in [3.63, 3.8) is 0 Å². The summed E-state index contributed by atoms with van der Waals surface area (Å²) in [5, 5.41) is 17.8. The number of para-hydroxylation sites is 3. The first-order valence-corrected chi connectivity index (χ1v) is 21.7. The maximum Gasteiger partial charge on any atom is 0.131 e. The van der Waals surface area contributed by atoms with E-state index in [9.17, 15) is 0 Å². The number of amidine groups is 1. The van der Waals surface area contributed by atoms with E-state index in [-0.39, 0.29) is 12.3 Å². The Morgan fingerprint density at radius 2 is 1.07 bits per heavy atom. The number of benzene rings is 9. The fourth-order valence-corrected chi connectivity index (χ4v) is 11.2. The number of hydrogen-bond acceptors (Lipinski definition) is 4. The lowest BCUT2D eigenvalue weighted by atomic mass is 9.98. The smallest absolute Gasteiger partial charge is 0.131 e. The summed E-state index contributed by atoms with van der Waals surface area (Å²) in [6.45, 7) is 0. The molecule has 0 amide bonds. The lowest BCUT2D eigenvalue weighted by Gasteiger charge is -2.32. The van der Waals surface area contributed by atoms with Crippen molar-refractivity contribution < 1.29 is 0 Å². The molecule has 1 aliphatic rings. The first-order valence-electron chi connectivity index (χ1n) is 20.9. The zero-order valence-electron chi connectivity index (χ0n) is 33.0. The summed E-state index contributed by atoms with van der Waals surface area (Å²) >= 11 is 1.89. The number of nitrogens with one attached hydrogen (secondary N) is 2. The van der Waals surface area contributed by atoms with Crippen LogP contribution >= 0.6 is 11.3 Å². The third-order valence-electron chi connectivity index (χ3n) is 12.6. The van der Waals surface area contributed by atoms with Crippen molar-refractivity contribution in [1.29, 1.82) is 0 Å². The lowest BCUT2D eigenvalue weighted by molar-refractivity contribution is 0.411. The Kier molecular flexibility index (Phi) is 7.61. The molecule has 2 N–H and O–H groups in total. The Labute approximate surface area is 355 Å². The molecule has 5 nitrogen and oxygen atoms in total. The van der Waals surface area contributed by atoms with Crippen LogP contribution in [0.3, 0.4) is 0 Å². The summed E-state index contributed by atoms with van der Waals surface area (Å²) in [4.78, 5) is 5.24. The SMILES string of the molecule is c1ccc(C2=NC(c3ccccc3)NC(c3cc4ccccc4c4c3sc3c(-n5c6ccccc6c6cc7c8ccccc8n(-c8ccccc8)c7cc65)cccc34)N2)cc1. The Balaban J connectivity index is 1.08. The molecule has 288 valence electrons. The second-order valence-corrected chi connectivity index (χ2v) is 17.0. The highest BCUT2D eigenvalue weighted by molar-refractivity contribution is 7.26. The fourth-order valence-electron chi connectivity index (χ4n) is 9.86. The molecule has 0 aliphatic carbocycles. The highest BCUT2D eigenvalue weighted by Gasteiger charge is 2.29. The van der Waals surface area contributed by atoms with E-state index in [0.717, 1.165) is 22.6 Å². The van der Waals surface area contributed by atoms with Crippen LogP contribution in [-0.2, 0) is 0 Å². The van der Waals surface area contributed by atoms with Crippen molar-refractivity contribution in [2.75, 3.05) is 0 Å². The van der Waals surface area contributed by atoms with Crippen LogP contribution < -0.4 is 10.6 Å². The van der Waals surface area contributed by atoms with E-state index < -0.39 is 0 Å². The molecule has 0 radical (unpaired) electrons. The molecule has 0 saturated heterocycles. The number of hydrogen-bond donors (Lipinski definition) is 2. The lowest BCUT2D eigenvalue weighted by Crippen LogP contribution is -2.45. The molecule has 3 aromatic heterocycles. The molecule has 9 aromatic carbocycles. The van der Waals surface area contributed by atoms with Crippen molar-refractivity contribution in [2.24, 2.45) is 4.99 Å². The van der Waals surface area contributed by atoms with E-state index in [2.05, 4.69) is 220 Å². The van der Waals surface area contributed by atoms with Gasteiger partial charge in [-0.15, -0.1) is 11.3 Å². The Hall–Kier alpha value is -7.51. The van der Waals surface area contributed by atoms with Gasteiger partial charge in [-0.1, -0.05) is 152 Å². The van der Waals surface area contributed by atoms with E-state index in [4.69, 9.17) is 4.99 Å². The third-order valence-corrected chi connectivity index (χ3v) is 13.8. The minimum atomic E-state index is -0.227. The highest BCUT2D eigenvalue weighted by atomic mass is 32.1. The summed E-state index contributed by atoms with van der Waals surface area (Å²) < 4.78 is 7.46. The van der Waals surface area contributed by atoms with Gasteiger partial charge in [-0.05, 0) is 64.9 Å². The summed E-state index contributed by atoms with van der Waals surface area (Å²) in [5.41, 5.74) is 10.5. The Morgan fingerprint density at radius 3 is 1.82 bits per heavy atom. The van der Waals surface area contributed by atoms with Crippen LogP contribution in [0.5, 0.6) is 0 Å². The Bertz CT molecular complexity index is 3710. The molecule has 2 atom stereocenters. The van der Waals surface area contributed by atoms with Crippen LogP contribution in [0, 0.1) is 0 Å². The molecule has 0 spiro atoms. The molecule has 0 fully saturated rings. The largest absolute Gasteiger partial charge is 0.350 e. The van der Waals surface area contributed by atoms with Gasteiger partial charge in [0.15, 0.2) is 0 Å². The number of thiophene rings is 1. The minimum Gasteiger partial charge on any atom is -0.350 e. The molecule has 1 aliphatic heterocycles. The first-order chi connectivity index (χ1) is 30.3. The van der Waals surface area contributed by atoms with E-state index >= 15 is 0 Å². The van der Waals surface area contributed by atoms with E-state index in [1.165, 1.54) is 85.8 Å². The van der Waals surface area contributed by atoms with Crippen LogP contribution in [0.15, 0.2) is 205 Å². The van der Waals surface area contributed by atoms with Gasteiger partial charge < -0.3 is 14.5 Å². The van der Waals surface area contributed by atoms with Crippen molar-refractivity contribution in [3.05, 3.63) is 217 Å². The number of aliphatic imine (C=N–C) groups is 1. The molecular weight excluding hydrogens is 763 g/mol. The van der Waals surface area contributed by atoms with E-state index in [1.807, 2.05) is 11.3 Å². The average molecular weight is 800 g/mol. The van der Waals surface area contributed by atoms with Crippen LogP contribution in [0.2, 0.25) is 0 Å². The number of aromatic nitrogens is 2. The molecule has 4 heterocycles. The van der Waals surface area contributed by atoms with Crippen molar-refractivity contribution >= 4 is 91.7 Å². The quantitative estimate of drug-likeness (QED) is 0.182. The van der Waals surface area contributed by atoms with Gasteiger partial charge in [0.05, 0.1) is 32.5 Å². The number of nitrogens with zero attached hydrogens (tertiary/aromatic N) is 3. The summed E-state index contributed by atoms with van der Waals surface area (Å²) in [6, 6.07) is 72.5. The second-order valence-electron chi connectivity index (χ2n) is 16.0. The maximum absolute atomic E-state index is 5.24. The maximum atomic E-state index is 5.24. The van der Waals surface area contributed by atoms with E-state index in [1.54, 1.807) is 0 Å². The molecule has 61 heavy (non-hydrogen) atoms. The number of rotatable bonds is 5. The van der Waals surface area contributed by atoms with Crippen molar-refractivity contribution in [3.8, 4) is 11.4 Å². The summed E-state index contributed by atoms with van der Waals surface area (Å²) in [5.74, 6) is 0.880. The van der Waals surface area contributed by atoms with Crippen molar-refractivity contribution in [1.82, 2.24) is 19.8 Å². The number of fused-ring (bicyclic) bond motifs is 11. The van der Waals surface area contributed by atoms with Gasteiger partial charge in [0, 0.05) is 53.8 Å². The molecule has 0 saturated carbocycles. The summed E-state index contributed by atoms with van der Waals surface area (Å²) in [7, 11) is 0. The van der Waals surface area contributed by atoms with Crippen LogP contribution in [0.25, 0.3) is 85.9 Å².